The van der Waals surface area contributed by atoms with E-state index in [1.54, 1.807) is 0 Å². The molecule has 0 bridgehead atoms. The van der Waals surface area contributed by atoms with Crippen LogP contribution in [0.3, 0.4) is 0 Å². The number of carbonyl (C=O) groups is 1. The molecule has 0 fully saturated rings. The number of aromatic nitrogens is 3. The van der Waals surface area contributed by atoms with Crippen LogP contribution in [0, 0.1) is 0 Å². The summed E-state index contributed by atoms with van der Waals surface area (Å²) in [5, 5.41) is 9.00. The van der Waals surface area contributed by atoms with Crippen molar-refractivity contribution in [1.82, 2.24) is 15.2 Å². The van der Waals surface area contributed by atoms with Crippen molar-refractivity contribution in [2.24, 2.45) is 0 Å². The predicted molar refractivity (Wildman–Crippen MR) is 66.3 cm³/mol. The molecule has 0 spiro atoms. The molecule has 6 heteroatoms. The molecule has 0 unspecified atom stereocenters. The Morgan fingerprint density at radius 2 is 2.17 bits per heavy atom. The summed E-state index contributed by atoms with van der Waals surface area (Å²) in [4.78, 5) is 15.7. The number of hydrogen-bond donors (Lipinski definition) is 2. The zero-order valence-electron chi connectivity index (χ0n) is 10.0. The van der Waals surface area contributed by atoms with E-state index in [1.807, 2.05) is 37.3 Å². The molecule has 1 aromatic carbocycles. The molecule has 1 amide bonds. The smallest absolute Gasteiger partial charge is 0.337 e. The summed E-state index contributed by atoms with van der Waals surface area (Å²) in [7, 11) is 0. The van der Waals surface area contributed by atoms with Crippen LogP contribution in [0.4, 0.5) is 5.95 Å². The maximum absolute atomic E-state index is 11.7. The monoisotopic (exact) mass is 246 g/mol. The third kappa shape index (κ3) is 3.31. The molecule has 94 valence electrons. The highest BCUT2D eigenvalue weighted by molar-refractivity contribution is 5.90. The Hall–Kier alpha value is -2.37. The zero-order chi connectivity index (χ0) is 12.8. The zero-order valence-corrected chi connectivity index (χ0v) is 10.0. The van der Waals surface area contributed by atoms with E-state index in [0.29, 0.717) is 19.0 Å². The Bertz CT molecular complexity index is 510. The minimum Gasteiger partial charge on any atom is -0.463 e. The molecule has 1 aromatic heterocycles. The minimum absolute atomic E-state index is 0.152. The van der Waals surface area contributed by atoms with Gasteiger partial charge in [0, 0.05) is 0 Å². The summed E-state index contributed by atoms with van der Waals surface area (Å²) in [6, 6.07) is 9.71. The van der Waals surface area contributed by atoms with E-state index in [9.17, 15) is 4.79 Å². The molecule has 0 aliphatic carbocycles. The summed E-state index contributed by atoms with van der Waals surface area (Å²) in [6.07, 6.45) is 0.297. The van der Waals surface area contributed by atoms with Crippen molar-refractivity contribution in [1.29, 1.82) is 0 Å². The van der Waals surface area contributed by atoms with E-state index in [1.165, 1.54) is 0 Å². The molecular formula is C12H14N4O2. The highest BCUT2D eigenvalue weighted by Gasteiger charge is 2.08. The lowest BCUT2D eigenvalue weighted by Gasteiger charge is -2.01. The molecule has 0 saturated heterocycles. The third-order valence-electron chi connectivity index (χ3n) is 2.20. The number of benzene rings is 1. The van der Waals surface area contributed by atoms with Gasteiger partial charge in [0.25, 0.3) is 0 Å². The fourth-order valence-corrected chi connectivity index (χ4v) is 1.45. The lowest BCUT2D eigenvalue weighted by atomic mass is 10.1. The Kier molecular flexibility index (Phi) is 3.90. The summed E-state index contributed by atoms with van der Waals surface area (Å²) >= 11 is 0. The van der Waals surface area contributed by atoms with Crippen LogP contribution in [0.25, 0.3) is 0 Å². The molecule has 1 heterocycles. The second-order valence-electron chi connectivity index (χ2n) is 3.61. The summed E-state index contributed by atoms with van der Waals surface area (Å²) in [5.41, 5.74) is 0.944. The molecule has 2 aromatic rings. The van der Waals surface area contributed by atoms with Crippen molar-refractivity contribution >= 4 is 11.9 Å². The first-order valence-electron chi connectivity index (χ1n) is 5.67. The summed E-state index contributed by atoms with van der Waals surface area (Å²) < 4.78 is 5.08. The fraction of sp³-hybridized carbons (Fsp3) is 0.250. The highest BCUT2D eigenvalue weighted by Crippen LogP contribution is 2.06. The van der Waals surface area contributed by atoms with Crippen molar-refractivity contribution in [2.45, 2.75) is 13.3 Å². The van der Waals surface area contributed by atoms with Crippen LogP contribution in [0.2, 0.25) is 0 Å². The molecule has 0 aliphatic rings. The minimum atomic E-state index is -0.152. The highest BCUT2D eigenvalue weighted by atomic mass is 16.5. The number of nitrogens with one attached hydrogen (secondary N) is 2. The molecule has 6 nitrogen and oxygen atoms in total. The van der Waals surface area contributed by atoms with Crippen LogP contribution in [0.1, 0.15) is 12.5 Å². The number of carbonyl (C=O) groups excluding carboxylic acids is 1. The normalized spacial score (nSPS) is 10.1. The number of nitrogens with zero attached hydrogens (tertiary/aromatic N) is 2. The van der Waals surface area contributed by atoms with Gasteiger partial charge in [0.1, 0.15) is 0 Å². The van der Waals surface area contributed by atoms with Crippen LogP contribution < -0.4 is 10.1 Å². The Morgan fingerprint density at radius 1 is 1.39 bits per heavy atom. The lowest BCUT2D eigenvalue weighted by Crippen LogP contribution is -2.15. The largest absolute Gasteiger partial charge is 0.463 e. The standard InChI is InChI=1S/C12H14N4O2/c1-2-18-12-14-11(15-16-12)13-10(17)8-9-6-4-3-5-7-9/h3-7H,2,8H2,1H3,(H2,13,14,15,16,17). The van der Waals surface area contributed by atoms with Gasteiger partial charge >= 0.3 is 6.01 Å². The van der Waals surface area contributed by atoms with Gasteiger partial charge in [0.2, 0.25) is 11.9 Å². The molecule has 2 rings (SSSR count). The topological polar surface area (TPSA) is 79.9 Å². The molecule has 0 atom stereocenters. The van der Waals surface area contributed by atoms with Gasteiger partial charge in [-0.1, -0.05) is 30.3 Å². The molecule has 18 heavy (non-hydrogen) atoms. The van der Waals surface area contributed by atoms with Crippen molar-refractivity contribution in [3.8, 4) is 6.01 Å². The molecule has 0 radical (unpaired) electrons. The number of H-pyrrole nitrogens is 1. The second kappa shape index (κ2) is 5.81. The SMILES string of the molecule is CCOc1n[nH]c(NC(=O)Cc2ccccc2)n1. The van der Waals surface area contributed by atoms with Gasteiger partial charge in [-0.05, 0) is 12.5 Å². The second-order valence-corrected chi connectivity index (χ2v) is 3.61. The van der Waals surface area contributed by atoms with Crippen molar-refractivity contribution < 1.29 is 9.53 Å². The number of hydrogen-bond acceptors (Lipinski definition) is 4. The first kappa shape index (κ1) is 12.1. The van der Waals surface area contributed by atoms with Gasteiger partial charge < -0.3 is 4.74 Å². The van der Waals surface area contributed by atoms with E-state index in [2.05, 4.69) is 20.5 Å². The van der Waals surface area contributed by atoms with Gasteiger partial charge in [-0.3, -0.25) is 10.1 Å². The Labute approximate surface area is 104 Å². The van der Waals surface area contributed by atoms with Crippen LogP contribution in [-0.2, 0) is 11.2 Å². The van der Waals surface area contributed by atoms with Crippen molar-refractivity contribution in [3.05, 3.63) is 35.9 Å². The Balaban J connectivity index is 1.90. The van der Waals surface area contributed by atoms with Crippen LogP contribution >= 0.6 is 0 Å². The molecule has 2 N–H and O–H groups in total. The maximum atomic E-state index is 11.7. The summed E-state index contributed by atoms with van der Waals surface area (Å²) in [5.74, 6) is 0.139. The van der Waals surface area contributed by atoms with Crippen LogP contribution in [0.15, 0.2) is 30.3 Å². The van der Waals surface area contributed by atoms with Crippen LogP contribution in [0.5, 0.6) is 6.01 Å². The first-order chi connectivity index (χ1) is 8.78. The average molecular weight is 246 g/mol. The number of rotatable bonds is 5. The van der Waals surface area contributed by atoms with Gasteiger partial charge in [0.05, 0.1) is 13.0 Å². The van der Waals surface area contributed by atoms with Crippen molar-refractivity contribution in [3.63, 3.8) is 0 Å². The van der Waals surface area contributed by atoms with Crippen LogP contribution in [-0.4, -0.2) is 27.7 Å². The molecule has 0 saturated carbocycles. The van der Waals surface area contributed by atoms with E-state index in [4.69, 9.17) is 4.74 Å². The number of aromatic amines is 1. The van der Waals surface area contributed by atoms with E-state index in [-0.39, 0.29) is 11.9 Å². The van der Waals surface area contributed by atoms with E-state index in [0.717, 1.165) is 5.56 Å². The predicted octanol–water partition coefficient (Wildman–Crippen LogP) is 1.38. The number of amides is 1. The lowest BCUT2D eigenvalue weighted by molar-refractivity contribution is -0.115. The van der Waals surface area contributed by atoms with Gasteiger partial charge in [-0.25, -0.2) is 5.10 Å². The van der Waals surface area contributed by atoms with E-state index < -0.39 is 0 Å². The number of ether oxygens (including phenoxy) is 1. The van der Waals surface area contributed by atoms with Crippen molar-refractivity contribution in [2.75, 3.05) is 11.9 Å². The van der Waals surface area contributed by atoms with Gasteiger partial charge in [0.15, 0.2) is 0 Å². The quantitative estimate of drug-likeness (QED) is 0.835. The first-order valence-corrected chi connectivity index (χ1v) is 5.67. The number of anilines is 1. The summed E-state index contributed by atoms with van der Waals surface area (Å²) in [6.45, 7) is 2.32. The Morgan fingerprint density at radius 3 is 2.89 bits per heavy atom. The van der Waals surface area contributed by atoms with Gasteiger partial charge in [-0.15, -0.1) is 5.10 Å². The fourth-order valence-electron chi connectivity index (χ4n) is 1.45. The maximum Gasteiger partial charge on any atom is 0.337 e. The third-order valence-corrected chi connectivity index (χ3v) is 2.20. The molecular weight excluding hydrogens is 232 g/mol. The molecule has 0 aliphatic heterocycles. The average Bonchev–Trinajstić information content (AvgIpc) is 2.78. The van der Waals surface area contributed by atoms with Gasteiger partial charge in [-0.2, -0.15) is 4.98 Å². The van der Waals surface area contributed by atoms with E-state index >= 15 is 0 Å².